The van der Waals surface area contributed by atoms with Crippen molar-refractivity contribution in [2.24, 2.45) is 0 Å². The van der Waals surface area contributed by atoms with Crippen molar-refractivity contribution in [1.82, 2.24) is 0 Å². The highest BCUT2D eigenvalue weighted by Gasteiger charge is 2.58. The van der Waals surface area contributed by atoms with Crippen molar-refractivity contribution in [3.8, 4) is 11.5 Å². The van der Waals surface area contributed by atoms with Crippen LogP contribution < -0.4 is 4.74 Å². The summed E-state index contributed by atoms with van der Waals surface area (Å²) in [6.45, 7) is -1.79. The lowest BCUT2D eigenvalue weighted by Crippen LogP contribution is -2.41. The van der Waals surface area contributed by atoms with E-state index in [4.69, 9.17) is 5.11 Å². The quantitative estimate of drug-likeness (QED) is 0.825. The average Bonchev–Trinajstić information content (AvgIpc) is 2.15. The first-order chi connectivity index (χ1) is 7.22. The second kappa shape index (κ2) is 4.15. The number of aromatic hydroxyl groups is 1. The molecule has 90 valence electrons. The molecule has 0 bridgehead atoms. The zero-order valence-electron chi connectivity index (χ0n) is 7.76. The molecule has 0 radical (unpaired) electrons. The van der Waals surface area contributed by atoms with E-state index >= 15 is 0 Å². The number of ether oxygens (including phenoxy) is 1. The van der Waals surface area contributed by atoms with Gasteiger partial charge >= 0.3 is 12.1 Å². The highest BCUT2D eigenvalue weighted by Crippen LogP contribution is 2.35. The molecule has 16 heavy (non-hydrogen) atoms. The Hall–Kier alpha value is -1.53. The van der Waals surface area contributed by atoms with Crippen LogP contribution >= 0.6 is 0 Å². The summed E-state index contributed by atoms with van der Waals surface area (Å²) < 4.78 is 64.3. The lowest BCUT2D eigenvalue weighted by atomic mass is 10.3. The van der Waals surface area contributed by atoms with Gasteiger partial charge in [-0.05, 0) is 24.3 Å². The lowest BCUT2D eigenvalue weighted by molar-refractivity contribution is -0.290. The number of phenolic OH excluding ortho intramolecular Hbond substituents is 1. The first-order valence-electron chi connectivity index (χ1n) is 4.09. The second-order valence-corrected chi connectivity index (χ2v) is 2.98. The molecule has 0 atom stereocenters. The van der Waals surface area contributed by atoms with Crippen molar-refractivity contribution in [2.45, 2.75) is 12.1 Å². The van der Waals surface area contributed by atoms with Crippen molar-refractivity contribution >= 4 is 0 Å². The largest absolute Gasteiger partial charge is 0.508 e. The van der Waals surface area contributed by atoms with Gasteiger partial charge in [0.1, 0.15) is 11.5 Å². The van der Waals surface area contributed by atoms with Gasteiger partial charge in [-0.15, -0.1) is 0 Å². The molecule has 0 saturated heterocycles. The van der Waals surface area contributed by atoms with E-state index in [1.165, 1.54) is 0 Å². The number of alkyl halides is 5. The van der Waals surface area contributed by atoms with Crippen molar-refractivity contribution in [2.75, 3.05) is 6.61 Å². The van der Waals surface area contributed by atoms with E-state index in [2.05, 4.69) is 4.74 Å². The zero-order chi connectivity index (χ0) is 12.4. The highest BCUT2D eigenvalue weighted by atomic mass is 19.4. The van der Waals surface area contributed by atoms with E-state index < -0.39 is 18.7 Å². The van der Waals surface area contributed by atoms with Crippen LogP contribution in [-0.2, 0) is 0 Å². The molecule has 0 heterocycles. The molecule has 0 unspecified atom stereocenters. The van der Waals surface area contributed by atoms with Gasteiger partial charge in [0.25, 0.3) is 0 Å². The number of rotatable bonds is 3. The molecule has 7 heteroatoms. The Balaban J connectivity index is 2.61. The number of phenols is 1. The Kier molecular flexibility index (Phi) is 3.25. The molecule has 0 amide bonds. The van der Waals surface area contributed by atoms with E-state index in [1.807, 2.05) is 0 Å². The van der Waals surface area contributed by atoms with Gasteiger partial charge in [-0.2, -0.15) is 22.0 Å². The normalized spacial score (nSPS) is 12.6. The van der Waals surface area contributed by atoms with Crippen LogP contribution in [0.3, 0.4) is 0 Å². The first kappa shape index (κ1) is 12.5. The molecule has 0 aliphatic heterocycles. The Bertz CT molecular complexity index is 344. The van der Waals surface area contributed by atoms with Gasteiger partial charge in [0.15, 0.2) is 6.61 Å². The maximum Gasteiger partial charge on any atom is 0.456 e. The topological polar surface area (TPSA) is 29.5 Å². The molecule has 0 saturated carbocycles. The maximum atomic E-state index is 12.4. The summed E-state index contributed by atoms with van der Waals surface area (Å²) in [6.07, 6.45) is -5.64. The minimum atomic E-state index is -5.64. The molecule has 0 fully saturated rings. The molecule has 2 nitrogen and oxygen atoms in total. The van der Waals surface area contributed by atoms with Gasteiger partial charge in [-0.1, -0.05) is 0 Å². The van der Waals surface area contributed by atoms with E-state index in [0.717, 1.165) is 24.3 Å². The predicted molar refractivity (Wildman–Crippen MR) is 44.6 cm³/mol. The van der Waals surface area contributed by atoms with Gasteiger partial charge in [0, 0.05) is 0 Å². The number of hydrogen-bond acceptors (Lipinski definition) is 2. The Morgan fingerprint density at radius 1 is 1.00 bits per heavy atom. The fraction of sp³-hybridized carbons (Fsp3) is 0.333. The van der Waals surface area contributed by atoms with Crippen LogP contribution in [0, 0.1) is 0 Å². The van der Waals surface area contributed by atoms with Gasteiger partial charge in [-0.3, -0.25) is 0 Å². The molecule has 0 spiro atoms. The van der Waals surface area contributed by atoms with Crippen LogP contribution in [0.4, 0.5) is 22.0 Å². The Labute approximate surface area is 87.3 Å². The average molecular weight is 242 g/mol. The fourth-order valence-corrected chi connectivity index (χ4v) is 0.798. The van der Waals surface area contributed by atoms with Gasteiger partial charge < -0.3 is 9.84 Å². The van der Waals surface area contributed by atoms with Crippen LogP contribution in [0.1, 0.15) is 0 Å². The number of hydrogen-bond donors (Lipinski definition) is 1. The maximum absolute atomic E-state index is 12.4. The second-order valence-electron chi connectivity index (χ2n) is 2.98. The Morgan fingerprint density at radius 3 is 1.94 bits per heavy atom. The number of halogens is 5. The van der Waals surface area contributed by atoms with Crippen LogP contribution in [-0.4, -0.2) is 23.8 Å². The summed E-state index contributed by atoms with van der Waals surface area (Å²) >= 11 is 0. The van der Waals surface area contributed by atoms with Crippen LogP contribution in [0.15, 0.2) is 24.3 Å². The summed E-state index contributed by atoms with van der Waals surface area (Å²) in [7, 11) is 0. The van der Waals surface area contributed by atoms with E-state index in [-0.39, 0.29) is 11.5 Å². The molecular formula is C9H7F5O2. The van der Waals surface area contributed by atoms with E-state index in [0.29, 0.717) is 0 Å². The molecule has 1 aromatic rings. The van der Waals surface area contributed by atoms with Crippen LogP contribution in [0.5, 0.6) is 11.5 Å². The molecule has 0 aliphatic rings. The molecule has 0 aromatic heterocycles. The minimum Gasteiger partial charge on any atom is -0.508 e. The summed E-state index contributed by atoms with van der Waals surface area (Å²) in [4.78, 5) is 0. The third kappa shape index (κ3) is 2.98. The first-order valence-corrected chi connectivity index (χ1v) is 4.09. The summed E-state index contributed by atoms with van der Waals surface area (Å²) in [5.74, 6) is -5.22. The lowest BCUT2D eigenvalue weighted by Gasteiger charge is -2.19. The Morgan fingerprint density at radius 2 is 1.50 bits per heavy atom. The third-order valence-corrected chi connectivity index (χ3v) is 1.67. The predicted octanol–water partition coefficient (Wildman–Crippen LogP) is 2.97. The summed E-state index contributed by atoms with van der Waals surface area (Å²) in [5.41, 5.74) is 0. The molecular weight excluding hydrogens is 235 g/mol. The smallest absolute Gasteiger partial charge is 0.456 e. The molecule has 0 aliphatic carbocycles. The standard InChI is InChI=1S/C9H7F5O2/c10-8(11,9(12,13)14)5-16-7-3-1-6(15)2-4-7/h1-4,15H,5H2. The van der Waals surface area contributed by atoms with Crippen molar-refractivity contribution < 1.29 is 31.8 Å². The van der Waals surface area contributed by atoms with Gasteiger partial charge in [0.2, 0.25) is 0 Å². The van der Waals surface area contributed by atoms with Crippen molar-refractivity contribution in [1.29, 1.82) is 0 Å². The molecule has 1 rings (SSSR count). The SMILES string of the molecule is Oc1ccc(OCC(F)(F)C(F)(F)F)cc1. The monoisotopic (exact) mass is 242 g/mol. The van der Waals surface area contributed by atoms with Crippen LogP contribution in [0.25, 0.3) is 0 Å². The third-order valence-electron chi connectivity index (χ3n) is 1.67. The van der Waals surface area contributed by atoms with E-state index in [9.17, 15) is 22.0 Å². The number of benzene rings is 1. The van der Waals surface area contributed by atoms with Gasteiger partial charge in [0.05, 0.1) is 0 Å². The van der Waals surface area contributed by atoms with Crippen molar-refractivity contribution in [3.05, 3.63) is 24.3 Å². The minimum absolute atomic E-state index is 0.144. The van der Waals surface area contributed by atoms with Gasteiger partial charge in [-0.25, -0.2) is 0 Å². The van der Waals surface area contributed by atoms with Crippen molar-refractivity contribution in [3.63, 3.8) is 0 Å². The molecule has 1 aromatic carbocycles. The fourth-order valence-electron chi connectivity index (χ4n) is 0.798. The zero-order valence-corrected chi connectivity index (χ0v) is 7.76. The van der Waals surface area contributed by atoms with Crippen LogP contribution in [0.2, 0.25) is 0 Å². The molecule has 1 N–H and O–H groups in total. The summed E-state index contributed by atoms with van der Waals surface area (Å²) in [6, 6.07) is 4.39. The van der Waals surface area contributed by atoms with E-state index in [1.54, 1.807) is 0 Å². The summed E-state index contributed by atoms with van der Waals surface area (Å²) in [5, 5.41) is 8.83. The highest BCUT2D eigenvalue weighted by molar-refractivity contribution is 5.30.